The molecular weight excluding hydrogens is 505 g/mol. The topological polar surface area (TPSA) is 61.4 Å². The molecule has 178 valence electrons. The Morgan fingerprint density at radius 2 is 1.97 bits per heavy atom. The molecule has 31 heavy (non-hydrogen) atoms. The minimum Gasteiger partial charge on any atom is -0.492 e. The Morgan fingerprint density at radius 3 is 2.61 bits per heavy atom. The average molecular weight is 548 g/mol. The molecule has 1 aliphatic rings. The second kappa shape index (κ2) is 15.7. The highest BCUT2D eigenvalue weighted by Crippen LogP contribution is 2.14. The van der Waals surface area contributed by atoms with Gasteiger partial charge in [0.05, 0.1) is 19.8 Å². The van der Waals surface area contributed by atoms with Gasteiger partial charge in [0.25, 0.3) is 0 Å². The van der Waals surface area contributed by atoms with Crippen LogP contribution in [0.25, 0.3) is 0 Å². The number of halogens is 1. The van der Waals surface area contributed by atoms with Crippen LogP contribution in [0.4, 0.5) is 0 Å². The maximum Gasteiger partial charge on any atom is 0.191 e. The van der Waals surface area contributed by atoms with Gasteiger partial charge in [0, 0.05) is 38.8 Å². The van der Waals surface area contributed by atoms with Gasteiger partial charge < -0.3 is 25.0 Å². The van der Waals surface area contributed by atoms with Gasteiger partial charge in [-0.15, -0.1) is 24.0 Å². The molecule has 2 N–H and O–H groups in total. The Kier molecular flexibility index (Phi) is 14.1. The first-order valence-electron chi connectivity index (χ1n) is 11.2. The molecule has 0 amide bonds. The summed E-state index contributed by atoms with van der Waals surface area (Å²) in [6.45, 7) is 14.2. The van der Waals surface area contributed by atoms with E-state index in [1.54, 1.807) is 0 Å². The van der Waals surface area contributed by atoms with Crippen molar-refractivity contribution < 1.29 is 9.47 Å². The fourth-order valence-electron chi connectivity index (χ4n) is 3.49. The Hall–Kier alpha value is -1.10. The predicted octanol–water partition coefficient (Wildman–Crippen LogP) is 2.66. The SMILES string of the molecule is CCNC(=NCc1cccc(OCCN(C)C)c1)NCC(C(C)C)N1CCOCC1.I. The predicted molar refractivity (Wildman–Crippen MR) is 140 cm³/mol. The number of guanidine groups is 1. The van der Waals surface area contributed by atoms with Crippen molar-refractivity contribution >= 4 is 29.9 Å². The highest BCUT2D eigenvalue weighted by molar-refractivity contribution is 14.0. The maximum absolute atomic E-state index is 5.85. The molecular formula is C23H42IN5O2. The van der Waals surface area contributed by atoms with Gasteiger partial charge in [-0.1, -0.05) is 26.0 Å². The maximum atomic E-state index is 5.85. The van der Waals surface area contributed by atoms with Crippen LogP contribution in [0.5, 0.6) is 5.75 Å². The van der Waals surface area contributed by atoms with E-state index in [1.165, 1.54) is 0 Å². The molecule has 0 radical (unpaired) electrons. The Labute approximate surface area is 206 Å². The molecule has 1 atom stereocenters. The molecule has 2 rings (SSSR count). The molecule has 1 aliphatic heterocycles. The van der Waals surface area contributed by atoms with E-state index in [1.807, 2.05) is 26.2 Å². The van der Waals surface area contributed by atoms with Gasteiger partial charge in [-0.05, 0) is 44.6 Å². The number of likely N-dealkylation sites (N-methyl/N-ethyl adjacent to an activating group) is 1. The normalized spacial score (nSPS) is 16.2. The van der Waals surface area contributed by atoms with E-state index in [4.69, 9.17) is 14.5 Å². The van der Waals surface area contributed by atoms with E-state index in [2.05, 4.69) is 53.3 Å². The molecule has 1 fully saturated rings. The van der Waals surface area contributed by atoms with Crippen molar-refractivity contribution in [2.24, 2.45) is 10.9 Å². The van der Waals surface area contributed by atoms with Gasteiger partial charge in [0.15, 0.2) is 5.96 Å². The number of benzene rings is 1. The second-order valence-electron chi connectivity index (χ2n) is 8.33. The third kappa shape index (κ3) is 10.9. The number of nitrogens with one attached hydrogen (secondary N) is 2. The number of hydrogen-bond acceptors (Lipinski definition) is 5. The largest absolute Gasteiger partial charge is 0.492 e. The van der Waals surface area contributed by atoms with Crippen LogP contribution in [0.15, 0.2) is 29.3 Å². The molecule has 1 aromatic carbocycles. The van der Waals surface area contributed by atoms with Crippen molar-refractivity contribution in [3.8, 4) is 5.75 Å². The minimum absolute atomic E-state index is 0. The Morgan fingerprint density at radius 1 is 1.23 bits per heavy atom. The van der Waals surface area contributed by atoms with Gasteiger partial charge in [-0.25, -0.2) is 4.99 Å². The molecule has 0 saturated carbocycles. The van der Waals surface area contributed by atoms with Crippen LogP contribution in [0, 0.1) is 5.92 Å². The molecule has 1 aromatic rings. The summed E-state index contributed by atoms with van der Waals surface area (Å²) in [6, 6.07) is 8.67. The summed E-state index contributed by atoms with van der Waals surface area (Å²) >= 11 is 0. The molecule has 0 spiro atoms. The first-order valence-corrected chi connectivity index (χ1v) is 11.2. The minimum atomic E-state index is 0. The third-order valence-corrected chi connectivity index (χ3v) is 5.23. The zero-order valence-corrected chi connectivity index (χ0v) is 22.2. The van der Waals surface area contributed by atoms with Gasteiger partial charge >= 0.3 is 0 Å². The summed E-state index contributed by atoms with van der Waals surface area (Å²) in [7, 11) is 4.10. The van der Waals surface area contributed by atoms with Gasteiger partial charge in [0.1, 0.15) is 12.4 Å². The summed E-state index contributed by atoms with van der Waals surface area (Å²) in [5, 5.41) is 6.92. The van der Waals surface area contributed by atoms with E-state index in [-0.39, 0.29) is 24.0 Å². The summed E-state index contributed by atoms with van der Waals surface area (Å²) < 4.78 is 11.4. The fraction of sp³-hybridized carbons (Fsp3) is 0.696. The zero-order valence-electron chi connectivity index (χ0n) is 19.9. The Balaban J connectivity index is 0.00000480. The standard InChI is InChI=1S/C23H41N5O2.HI/c1-6-24-23(26-18-22(19(2)3)28-11-13-29-14-12-28)25-17-20-8-7-9-21(16-20)30-15-10-27(4)5;/h7-9,16,19,22H,6,10-15,17-18H2,1-5H3,(H2,24,25,26);1H. The van der Waals surface area contributed by atoms with E-state index in [0.29, 0.717) is 25.1 Å². The van der Waals surface area contributed by atoms with Crippen molar-refractivity contribution in [3.63, 3.8) is 0 Å². The zero-order chi connectivity index (χ0) is 21.8. The summed E-state index contributed by atoms with van der Waals surface area (Å²) in [5.74, 6) is 2.32. The monoisotopic (exact) mass is 547 g/mol. The van der Waals surface area contributed by atoms with E-state index in [0.717, 1.165) is 63.2 Å². The lowest BCUT2D eigenvalue weighted by atomic mass is 10.0. The third-order valence-electron chi connectivity index (χ3n) is 5.23. The van der Waals surface area contributed by atoms with Gasteiger partial charge in [-0.3, -0.25) is 4.90 Å². The van der Waals surface area contributed by atoms with E-state index >= 15 is 0 Å². The van der Waals surface area contributed by atoms with Crippen LogP contribution in [0.2, 0.25) is 0 Å². The first-order chi connectivity index (χ1) is 14.5. The van der Waals surface area contributed by atoms with Crippen LogP contribution in [0.3, 0.4) is 0 Å². The number of morpholine rings is 1. The van der Waals surface area contributed by atoms with Gasteiger partial charge in [0.2, 0.25) is 0 Å². The van der Waals surface area contributed by atoms with Crippen molar-refractivity contribution in [2.45, 2.75) is 33.4 Å². The summed E-state index contributed by atoms with van der Waals surface area (Å²) in [6.07, 6.45) is 0. The van der Waals surface area contributed by atoms with Crippen molar-refractivity contribution in [3.05, 3.63) is 29.8 Å². The molecule has 8 heteroatoms. The van der Waals surface area contributed by atoms with Crippen molar-refractivity contribution in [1.82, 2.24) is 20.4 Å². The number of hydrogen-bond donors (Lipinski definition) is 2. The second-order valence-corrected chi connectivity index (χ2v) is 8.33. The van der Waals surface area contributed by atoms with E-state index < -0.39 is 0 Å². The van der Waals surface area contributed by atoms with Crippen LogP contribution < -0.4 is 15.4 Å². The lowest BCUT2D eigenvalue weighted by molar-refractivity contribution is 0.00752. The number of ether oxygens (including phenoxy) is 2. The number of rotatable bonds is 11. The first kappa shape index (κ1) is 27.9. The van der Waals surface area contributed by atoms with Crippen molar-refractivity contribution in [2.75, 3.05) is 66.6 Å². The molecule has 0 aliphatic carbocycles. The smallest absolute Gasteiger partial charge is 0.191 e. The van der Waals surface area contributed by atoms with Gasteiger partial charge in [-0.2, -0.15) is 0 Å². The van der Waals surface area contributed by atoms with Crippen molar-refractivity contribution in [1.29, 1.82) is 0 Å². The molecule has 1 saturated heterocycles. The highest BCUT2D eigenvalue weighted by atomic mass is 127. The molecule has 7 nitrogen and oxygen atoms in total. The van der Waals surface area contributed by atoms with Crippen LogP contribution >= 0.6 is 24.0 Å². The van der Waals surface area contributed by atoms with Crippen LogP contribution in [-0.4, -0.2) is 88.4 Å². The lowest BCUT2D eigenvalue weighted by Crippen LogP contribution is -2.52. The average Bonchev–Trinajstić information content (AvgIpc) is 2.72. The Bertz CT molecular complexity index is 636. The quantitative estimate of drug-likeness (QED) is 0.253. The fourth-order valence-corrected chi connectivity index (χ4v) is 3.49. The van der Waals surface area contributed by atoms with Crippen LogP contribution in [0.1, 0.15) is 26.3 Å². The summed E-state index contributed by atoms with van der Waals surface area (Å²) in [4.78, 5) is 9.44. The highest BCUT2D eigenvalue weighted by Gasteiger charge is 2.23. The number of aliphatic imine (C=N–C) groups is 1. The van der Waals surface area contributed by atoms with E-state index in [9.17, 15) is 0 Å². The molecule has 0 bridgehead atoms. The van der Waals surface area contributed by atoms with Crippen LogP contribution in [-0.2, 0) is 11.3 Å². The lowest BCUT2D eigenvalue weighted by Gasteiger charge is -2.37. The molecule has 1 unspecified atom stereocenters. The molecule has 0 aromatic heterocycles. The number of nitrogens with zero attached hydrogens (tertiary/aromatic N) is 3. The summed E-state index contributed by atoms with van der Waals surface area (Å²) in [5.41, 5.74) is 1.14. The molecule has 1 heterocycles.